The standard InChI is InChI=1S/C23H28N4O4S/c1-15-4-6-26(7-5-15)13-17-14-32-23(24-17)25-22(29)16-10-21(28)27(12-16)18-2-3-19-20(11-18)31-9-8-30-19/h2-3,11,14-16H,4-10,12-13H2,1H3,(H,24,25,29)/t16-/m0/s1. The number of hydrogen-bond acceptors (Lipinski definition) is 7. The fraction of sp³-hybridized carbons (Fsp3) is 0.522. The molecule has 2 saturated heterocycles. The lowest BCUT2D eigenvalue weighted by atomic mass is 9.99. The maximum absolute atomic E-state index is 12.8. The number of hydrogen-bond donors (Lipinski definition) is 1. The third-order valence-electron chi connectivity index (χ3n) is 6.38. The Labute approximate surface area is 191 Å². The van der Waals surface area contributed by atoms with Gasteiger partial charge in [-0.3, -0.25) is 14.5 Å². The number of nitrogens with one attached hydrogen (secondary N) is 1. The van der Waals surface area contributed by atoms with Crippen molar-refractivity contribution in [2.45, 2.75) is 32.7 Å². The van der Waals surface area contributed by atoms with Crippen LogP contribution in [0.15, 0.2) is 23.6 Å². The maximum Gasteiger partial charge on any atom is 0.231 e. The quantitative estimate of drug-likeness (QED) is 0.744. The highest BCUT2D eigenvalue weighted by Crippen LogP contribution is 2.36. The summed E-state index contributed by atoms with van der Waals surface area (Å²) in [5, 5.41) is 5.52. The van der Waals surface area contributed by atoms with Crippen LogP contribution in [0, 0.1) is 11.8 Å². The highest BCUT2D eigenvalue weighted by Gasteiger charge is 2.36. The number of thiazole rings is 1. The van der Waals surface area contributed by atoms with Crippen LogP contribution >= 0.6 is 11.3 Å². The van der Waals surface area contributed by atoms with Gasteiger partial charge in [-0.25, -0.2) is 4.98 Å². The van der Waals surface area contributed by atoms with Crippen molar-refractivity contribution < 1.29 is 19.1 Å². The fourth-order valence-electron chi connectivity index (χ4n) is 4.43. The summed E-state index contributed by atoms with van der Waals surface area (Å²) in [6.07, 6.45) is 2.64. The number of likely N-dealkylation sites (tertiary alicyclic amines) is 1. The fourth-order valence-corrected chi connectivity index (χ4v) is 5.13. The van der Waals surface area contributed by atoms with Crippen molar-refractivity contribution in [3.8, 4) is 11.5 Å². The van der Waals surface area contributed by atoms with Gasteiger partial charge >= 0.3 is 0 Å². The summed E-state index contributed by atoms with van der Waals surface area (Å²) >= 11 is 1.44. The Hall–Kier alpha value is -2.65. The molecule has 1 N–H and O–H groups in total. The highest BCUT2D eigenvalue weighted by atomic mass is 32.1. The molecule has 0 radical (unpaired) electrons. The normalized spacial score (nSPS) is 21.7. The molecule has 32 heavy (non-hydrogen) atoms. The maximum atomic E-state index is 12.8. The molecule has 3 aliphatic rings. The average molecular weight is 457 g/mol. The SMILES string of the molecule is CC1CCN(Cc2csc(NC(=O)[C@H]3CC(=O)N(c4ccc5c(c4)OCCO5)C3)n2)CC1. The Balaban J connectivity index is 1.18. The van der Waals surface area contributed by atoms with Gasteiger partial charge in [0, 0.05) is 36.6 Å². The van der Waals surface area contributed by atoms with Crippen LogP contribution in [0.1, 0.15) is 31.9 Å². The van der Waals surface area contributed by atoms with Gasteiger partial charge in [-0.05, 0) is 44.0 Å². The van der Waals surface area contributed by atoms with Crippen molar-refractivity contribution >= 4 is 34.0 Å². The Bertz CT molecular complexity index is 1000. The van der Waals surface area contributed by atoms with E-state index < -0.39 is 5.92 Å². The van der Waals surface area contributed by atoms with Crippen LogP contribution in [0.5, 0.6) is 11.5 Å². The zero-order chi connectivity index (χ0) is 22.1. The minimum Gasteiger partial charge on any atom is -0.486 e. The Morgan fingerprint density at radius 1 is 1.22 bits per heavy atom. The van der Waals surface area contributed by atoms with Gasteiger partial charge in [0.25, 0.3) is 0 Å². The summed E-state index contributed by atoms with van der Waals surface area (Å²) in [5.41, 5.74) is 1.71. The molecule has 4 heterocycles. The van der Waals surface area contributed by atoms with Gasteiger partial charge in [0.05, 0.1) is 11.6 Å². The van der Waals surface area contributed by atoms with Crippen LogP contribution in [0.2, 0.25) is 0 Å². The number of carbonyl (C=O) groups excluding carboxylic acids is 2. The van der Waals surface area contributed by atoms with E-state index in [4.69, 9.17) is 9.47 Å². The molecule has 1 aromatic heterocycles. The van der Waals surface area contributed by atoms with Gasteiger partial charge < -0.3 is 19.7 Å². The third-order valence-corrected chi connectivity index (χ3v) is 7.18. The van der Waals surface area contributed by atoms with Crippen molar-refractivity contribution in [2.75, 3.05) is 43.1 Å². The van der Waals surface area contributed by atoms with Crippen LogP contribution in [0.4, 0.5) is 10.8 Å². The molecule has 0 unspecified atom stereocenters. The second kappa shape index (κ2) is 9.07. The van der Waals surface area contributed by atoms with Gasteiger partial charge in [0.15, 0.2) is 16.6 Å². The van der Waals surface area contributed by atoms with Crippen LogP contribution in [-0.2, 0) is 16.1 Å². The minimum atomic E-state index is -0.411. The number of rotatable bonds is 5. The summed E-state index contributed by atoms with van der Waals surface area (Å²) in [6.45, 7) is 6.67. The summed E-state index contributed by atoms with van der Waals surface area (Å²) < 4.78 is 11.2. The zero-order valence-electron chi connectivity index (χ0n) is 18.2. The van der Waals surface area contributed by atoms with E-state index in [-0.39, 0.29) is 18.2 Å². The molecular weight excluding hydrogens is 428 g/mol. The first-order valence-corrected chi connectivity index (χ1v) is 12.1. The number of fused-ring (bicyclic) bond motifs is 1. The van der Waals surface area contributed by atoms with Gasteiger partial charge in [-0.15, -0.1) is 11.3 Å². The number of nitrogens with zero attached hydrogens (tertiary/aromatic N) is 3. The van der Waals surface area contributed by atoms with Crippen LogP contribution < -0.4 is 19.7 Å². The molecule has 0 bridgehead atoms. The van der Waals surface area contributed by atoms with E-state index in [2.05, 4.69) is 22.1 Å². The molecule has 1 atom stereocenters. The third kappa shape index (κ3) is 4.59. The second-order valence-electron chi connectivity index (χ2n) is 8.83. The molecule has 170 valence electrons. The molecule has 0 spiro atoms. The van der Waals surface area contributed by atoms with Crippen molar-refractivity contribution in [1.82, 2.24) is 9.88 Å². The number of ether oxygens (including phenoxy) is 2. The summed E-state index contributed by atoms with van der Waals surface area (Å²) in [4.78, 5) is 34.1. The molecule has 8 nitrogen and oxygen atoms in total. The lowest BCUT2D eigenvalue weighted by molar-refractivity contribution is -0.122. The number of piperidine rings is 1. The molecule has 1 aromatic carbocycles. The zero-order valence-corrected chi connectivity index (χ0v) is 19.0. The molecule has 2 fully saturated rings. The molecule has 2 aromatic rings. The van der Waals surface area contributed by atoms with Gasteiger partial charge in [-0.2, -0.15) is 0 Å². The monoisotopic (exact) mass is 456 g/mol. The topological polar surface area (TPSA) is 84.0 Å². The predicted molar refractivity (Wildman–Crippen MR) is 122 cm³/mol. The Kier molecular flexibility index (Phi) is 6.01. The average Bonchev–Trinajstić information content (AvgIpc) is 3.41. The molecule has 0 aliphatic carbocycles. The number of amides is 2. The molecular formula is C23H28N4O4S. The van der Waals surface area contributed by atoms with E-state index in [9.17, 15) is 9.59 Å². The number of anilines is 2. The first-order valence-electron chi connectivity index (χ1n) is 11.2. The summed E-state index contributed by atoms with van der Waals surface area (Å²) in [6, 6.07) is 5.45. The number of carbonyl (C=O) groups is 2. The van der Waals surface area contributed by atoms with Crippen molar-refractivity contribution in [3.05, 3.63) is 29.3 Å². The number of aromatic nitrogens is 1. The summed E-state index contributed by atoms with van der Waals surface area (Å²) in [7, 11) is 0. The lowest BCUT2D eigenvalue weighted by Gasteiger charge is -2.29. The summed E-state index contributed by atoms with van der Waals surface area (Å²) in [5.74, 6) is 1.47. The predicted octanol–water partition coefficient (Wildman–Crippen LogP) is 3.14. The molecule has 5 rings (SSSR count). The van der Waals surface area contributed by atoms with Crippen LogP contribution in [-0.4, -0.2) is 54.5 Å². The van der Waals surface area contributed by atoms with E-state index in [1.54, 1.807) is 11.0 Å². The molecule has 3 aliphatic heterocycles. The van der Waals surface area contributed by atoms with Crippen LogP contribution in [0.3, 0.4) is 0 Å². The van der Waals surface area contributed by atoms with Crippen molar-refractivity contribution in [2.24, 2.45) is 11.8 Å². The molecule has 9 heteroatoms. The van der Waals surface area contributed by atoms with Crippen molar-refractivity contribution in [3.63, 3.8) is 0 Å². The molecule has 0 saturated carbocycles. The van der Waals surface area contributed by atoms with E-state index in [0.29, 0.717) is 36.4 Å². The second-order valence-corrected chi connectivity index (χ2v) is 9.68. The van der Waals surface area contributed by atoms with E-state index in [1.165, 1.54) is 24.2 Å². The van der Waals surface area contributed by atoms with Gasteiger partial charge in [0.2, 0.25) is 11.8 Å². The molecule has 2 amide bonds. The van der Waals surface area contributed by atoms with E-state index in [0.717, 1.165) is 36.9 Å². The van der Waals surface area contributed by atoms with E-state index >= 15 is 0 Å². The van der Waals surface area contributed by atoms with E-state index in [1.807, 2.05) is 17.5 Å². The van der Waals surface area contributed by atoms with Crippen molar-refractivity contribution in [1.29, 1.82) is 0 Å². The van der Waals surface area contributed by atoms with Crippen LogP contribution in [0.25, 0.3) is 0 Å². The van der Waals surface area contributed by atoms with Gasteiger partial charge in [-0.1, -0.05) is 6.92 Å². The minimum absolute atomic E-state index is 0.0685. The first kappa shape index (κ1) is 21.2. The number of benzene rings is 1. The smallest absolute Gasteiger partial charge is 0.231 e. The first-order chi connectivity index (χ1) is 15.5. The largest absolute Gasteiger partial charge is 0.486 e. The lowest BCUT2D eigenvalue weighted by Crippen LogP contribution is -2.32. The Morgan fingerprint density at radius 2 is 2.00 bits per heavy atom. The van der Waals surface area contributed by atoms with Gasteiger partial charge in [0.1, 0.15) is 13.2 Å². The highest BCUT2D eigenvalue weighted by molar-refractivity contribution is 7.13. The Morgan fingerprint density at radius 3 is 2.81 bits per heavy atom.